The molecule has 1 amide bonds. The quantitative estimate of drug-likeness (QED) is 0.813. The lowest BCUT2D eigenvalue weighted by Gasteiger charge is -2.27. The average Bonchev–Trinajstić information content (AvgIpc) is 3.23. The van der Waals surface area contributed by atoms with E-state index < -0.39 is 0 Å². The van der Waals surface area contributed by atoms with Gasteiger partial charge in [0.15, 0.2) is 6.61 Å². The maximum absolute atomic E-state index is 12.6. The van der Waals surface area contributed by atoms with Gasteiger partial charge in [0.1, 0.15) is 5.75 Å². The van der Waals surface area contributed by atoms with Gasteiger partial charge in [-0.2, -0.15) is 0 Å². The summed E-state index contributed by atoms with van der Waals surface area (Å²) in [5.74, 6) is 1.19. The Kier molecular flexibility index (Phi) is 4.65. The number of benzene rings is 1. The molecular weight excluding hydrogens is 316 g/mol. The van der Waals surface area contributed by atoms with E-state index in [0.29, 0.717) is 12.5 Å². The Morgan fingerprint density at radius 2 is 1.96 bits per heavy atom. The van der Waals surface area contributed by atoms with E-state index in [1.807, 2.05) is 53.4 Å². The predicted octanol–water partition coefficient (Wildman–Crippen LogP) is 2.67. The van der Waals surface area contributed by atoms with Crippen LogP contribution in [-0.4, -0.2) is 41.1 Å². The summed E-state index contributed by atoms with van der Waals surface area (Å²) in [7, 11) is 0. The summed E-state index contributed by atoms with van der Waals surface area (Å²) in [5.41, 5.74) is 0.930. The van der Waals surface area contributed by atoms with Crippen LogP contribution in [0.25, 0.3) is 0 Å². The number of pyridine rings is 1. The van der Waals surface area contributed by atoms with Gasteiger partial charge in [0.25, 0.3) is 5.91 Å². The highest BCUT2D eigenvalue weighted by Gasteiger charge is 2.49. The lowest BCUT2D eigenvalue weighted by molar-refractivity contribution is -0.135. The van der Waals surface area contributed by atoms with Crippen molar-refractivity contribution in [2.45, 2.75) is 31.6 Å². The summed E-state index contributed by atoms with van der Waals surface area (Å²) >= 11 is 0. The molecule has 2 fully saturated rings. The molecule has 5 heteroatoms. The number of nitrogens with zero attached hydrogens (tertiary/aromatic N) is 2. The Morgan fingerprint density at radius 1 is 1.12 bits per heavy atom. The van der Waals surface area contributed by atoms with E-state index in [0.717, 1.165) is 30.8 Å². The van der Waals surface area contributed by atoms with E-state index >= 15 is 0 Å². The molecule has 3 atom stereocenters. The van der Waals surface area contributed by atoms with Gasteiger partial charge < -0.3 is 14.4 Å². The first-order valence-corrected chi connectivity index (χ1v) is 8.80. The molecule has 1 aliphatic heterocycles. The number of aromatic nitrogens is 1. The van der Waals surface area contributed by atoms with E-state index in [2.05, 4.69) is 4.98 Å². The number of para-hydroxylation sites is 1. The smallest absolute Gasteiger partial charge is 0.260 e. The van der Waals surface area contributed by atoms with E-state index in [9.17, 15) is 4.79 Å². The van der Waals surface area contributed by atoms with Crippen molar-refractivity contribution in [3.63, 3.8) is 0 Å². The molecule has 2 aliphatic rings. The summed E-state index contributed by atoms with van der Waals surface area (Å²) < 4.78 is 11.7. The van der Waals surface area contributed by atoms with Crippen molar-refractivity contribution < 1.29 is 14.3 Å². The monoisotopic (exact) mass is 338 g/mol. The van der Waals surface area contributed by atoms with Crippen molar-refractivity contribution in [1.82, 2.24) is 9.88 Å². The second-order valence-electron chi connectivity index (χ2n) is 6.65. The van der Waals surface area contributed by atoms with E-state index in [4.69, 9.17) is 9.47 Å². The Balaban J connectivity index is 1.32. The number of amides is 1. The molecule has 0 N–H and O–H groups in total. The maximum Gasteiger partial charge on any atom is 0.260 e. The highest BCUT2D eigenvalue weighted by molar-refractivity contribution is 5.78. The number of ether oxygens (including phenoxy) is 2. The van der Waals surface area contributed by atoms with Crippen LogP contribution in [0.2, 0.25) is 0 Å². The molecule has 2 heterocycles. The first-order chi connectivity index (χ1) is 12.3. The number of carbonyl (C=O) groups is 1. The van der Waals surface area contributed by atoms with Gasteiger partial charge in [0, 0.05) is 18.7 Å². The van der Waals surface area contributed by atoms with Gasteiger partial charge in [-0.1, -0.05) is 24.3 Å². The van der Waals surface area contributed by atoms with Crippen LogP contribution in [0, 0.1) is 5.92 Å². The molecule has 25 heavy (non-hydrogen) atoms. The minimum atomic E-state index is 0.0440. The summed E-state index contributed by atoms with van der Waals surface area (Å²) in [6.07, 6.45) is 4.02. The lowest BCUT2D eigenvalue weighted by Crippen LogP contribution is -2.42. The summed E-state index contributed by atoms with van der Waals surface area (Å²) in [6.45, 7) is 1.36. The lowest BCUT2D eigenvalue weighted by atomic mass is 10.1. The molecule has 1 aromatic heterocycles. The molecule has 5 nitrogen and oxygen atoms in total. The second kappa shape index (κ2) is 7.23. The van der Waals surface area contributed by atoms with Gasteiger partial charge >= 0.3 is 0 Å². The summed E-state index contributed by atoms with van der Waals surface area (Å²) in [5, 5.41) is 0. The van der Waals surface area contributed by atoms with Crippen LogP contribution in [0.5, 0.6) is 5.75 Å². The predicted molar refractivity (Wildman–Crippen MR) is 93.0 cm³/mol. The number of fused-ring (bicyclic) bond motifs is 2. The molecule has 1 aliphatic carbocycles. The molecule has 4 rings (SSSR count). The van der Waals surface area contributed by atoms with Crippen LogP contribution >= 0.6 is 0 Å². The number of rotatable bonds is 6. The van der Waals surface area contributed by atoms with Gasteiger partial charge in [-0.15, -0.1) is 0 Å². The van der Waals surface area contributed by atoms with E-state index in [1.165, 1.54) is 0 Å². The van der Waals surface area contributed by atoms with Crippen molar-refractivity contribution in [2.75, 3.05) is 13.2 Å². The SMILES string of the molecule is O=C(COc1ccccc1)N1CC2CCC1C2OCc1ccccn1. The number of piperidine rings is 1. The van der Waals surface area contributed by atoms with Crippen LogP contribution < -0.4 is 4.74 Å². The minimum Gasteiger partial charge on any atom is -0.484 e. The molecule has 3 unspecified atom stereocenters. The zero-order chi connectivity index (χ0) is 17.1. The number of carbonyl (C=O) groups excluding carboxylic acids is 1. The zero-order valence-electron chi connectivity index (χ0n) is 14.1. The standard InChI is InChI=1S/C20H22N2O3/c23-19(14-24-17-7-2-1-3-8-17)22-12-15-9-10-18(22)20(15)25-13-16-6-4-5-11-21-16/h1-8,11,15,18,20H,9-10,12-14H2. The fourth-order valence-corrected chi connectivity index (χ4v) is 3.89. The number of likely N-dealkylation sites (tertiary alicyclic amines) is 1. The third kappa shape index (κ3) is 3.51. The largest absolute Gasteiger partial charge is 0.484 e. The highest BCUT2D eigenvalue weighted by Crippen LogP contribution is 2.40. The van der Waals surface area contributed by atoms with Crippen LogP contribution in [0.15, 0.2) is 54.7 Å². The van der Waals surface area contributed by atoms with Crippen LogP contribution in [0.3, 0.4) is 0 Å². The van der Waals surface area contributed by atoms with Crippen LogP contribution in [0.1, 0.15) is 18.5 Å². The molecule has 1 saturated heterocycles. The Bertz CT molecular complexity index is 707. The van der Waals surface area contributed by atoms with Crippen LogP contribution in [-0.2, 0) is 16.1 Å². The third-order valence-corrected chi connectivity index (χ3v) is 5.08. The first-order valence-electron chi connectivity index (χ1n) is 8.80. The van der Waals surface area contributed by atoms with Crippen molar-refractivity contribution in [1.29, 1.82) is 0 Å². The molecule has 1 saturated carbocycles. The molecule has 0 spiro atoms. The van der Waals surface area contributed by atoms with Crippen molar-refractivity contribution in [3.8, 4) is 5.75 Å². The maximum atomic E-state index is 12.6. The fourth-order valence-electron chi connectivity index (χ4n) is 3.89. The van der Waals surface area contributed by atoms with E-state index in [1.54, 1.807) is 6.20 Å². The van der Waals surface area contributed by atoms with Crippen molar-refractivity contribution >= 4 is 5.91 Å². The molecular formula is C20H22N2O3. The van der Waals surface area contributed by atoms with E-state index in [-0.39, 0.29) is 24.7 Å². The van der Waals surface area contributed by atoms with Gasteiger partial charge in [-0.3, -0.25) is 9.78 Å². The number of hydrogen-bond acceptors (Lipinski definition) is 4. The molecule has 1 aromatic carbocycles. The van der Waals surface area contributed by atoms with Gasteiger partial charge in [0.2, 0.25) is 0 Å². The Labute approximate surface area is 147 Å². The van der Waals surface area contributed by atoms with Gasteiger partial charge in [-0.05, 0) is 37.1 Å². The van der Waals surface area contributed by atoms with Crippen molar-refractivity contribution in [2.24, 2.45) is 5.92 Å². The number of hydrogen-bond donors (Lipinski definition) is 0. The minimum absolute atomic E-state index is 0.0440. The first kappa shape index (κ1) is 16.1. The zero-order valence-corrected chi connectivity index (χ0v) is 14.1. The molecule has 2 bridgehead atoms. The van der Waals surface area contributed by atoms with Gasteiger partial charge in [0.05, 0.1) is 24.4 Å². The summed E-state index contributed by atoms with van der Waals surface area (Å²) in [6, 6.07) is 15.5. The third-order valence-electron chi connectivity index (χ3n) is 5.08. The topological polar surface area (TPSA) is 51.7 Å². The molecule has 0 radical (unpaired) electrons. The van der Waals surface area contributed by atoms with Gasteiger partial charge in [-0.25, -0.2) is 0 Å². The molecule has 130 valence electrons. The Hall–Kier alpha value is -2.40. The molecule has 2 aromatic rings. The van der Waals surface area contributed by atoms with Crippen LogP contribution in [0.4, 0.5) is 0 Å². The fraction of sp³-hybridized carbons (Fsp3) is 0.400. The highest BCUT2D eigenvalue weighted by atomic mass is 16.5. The average molecular weight is 338 g/mol. The summed E-state index contributed by atoms with van der Waals surface area (Å²) in [4.78, 5) is 18.8. The normalized spacial score (nSPS) is 24.5. The second-order valence-corrected chi connectivity index (χ2v) is 6.65. The Morgan fingerprint density at radius 3 is 2.76 bits per heavy atom. The van der Waals surface area contributed by atoms with Crippen molar-refractivity contribution in [3.05, 3.63) is 60.4 Å².